The van der Waals surface area contributed by atoms with Crippen molar-refractivity contribution in [2.75, 3.05) is 12.3 Å². The summed E-state index contributed by atoms with van der Waals surface area (Å²) in [5, 5.41) is 0. The summed E-state index contributed by atoms with van der Waals surface area (Å²) >= 11 is 0. The molecule has 0 heterocycles. The van der Waals surface area contributed by atoms with Crippen molar-refractivity contribution >= 4 is 16.1 Å². The summed E-state index contributed by atoms with van der Waals surface area (Å²) in [7, 11) is -3.77. The molecule has 23 heavy (non-hydrogen) atoms. The third-order valence-electron chi connectivity index (χ3n) is 3.57. The normalized spacial score (nSPS) is 11.0. The van der Waals surface area contributed by atoms with Gasteiger partial charge in [-0.3, -0.25) is 4.79 Å². The van der Waals surface area contributed by atoms with Gasteiger partial charge in [0.2, 0.25) is 0 Å². The summed E-state index contributed by atoms with van der Waals surface area (Å²) in [6.07, 6.45) is 13.3. The van der Waals surface area contributed by atoms with E-state index in [9.17, 15) is 13.2 Å². The van der Waals surface area contributed by atoms with Crippen LogP contribution in [0.2, 0.25) is 0 Å². The van der Waals surface area contributed by atoms with Crippen molar-refractivity contribution in [3.63, 3.8) is 0 Å². The second-order valence-corrected chi connectivity index (χ2v) is 7.48. The van der Waals surface area contributed by atoms with E-state index in [1.54, 1.807) is 0 Å². The van der Waals surface area contributed by atoms with Gasteiger partial charge in [0, 0.05) is 13.0 Å². The van der Waals surface area contributed by atoms with Gasteiger partial charge in [0.05, 0.1) is 5.75 Å². The number of nitrogens with two attached hydrogens (primary N) is 1. The Kier molecular flexibility index (Phi) is 20.3. The summed E-state index contributed by atoms with van der Waals surface area (Å²) in [5.41, 5.74) is 5.13. The Morgan fingerprint density at radius 2 is 1.35 bits per heavy atom. The van der Waals surface area contributed by atoms with Crippen molar-refractivity contribution in [2.24, 2.45) is 5.73 Å². The summed E-state index contributed by atoms with van der Waals surface area (Å²) in [4.78, 5) is 11.4. The van der Waals surface area contributed by atoms with Gasteiger partial charge >= 0.3 is 67.5 Å². The fraction of sp³-hybridized carbons (Fsp3) is 0.938. The summed E-state index contributed by atoms with van der Waals surface area (Å²) in [5.74, 6) is -0.971. The van der Waals surface area contributed by atoms with Crippen LogP contribution in [0.15, 0.2) is 0 Å². The molecule has 5 nitrogen and oxygen atoms in total. The Labute approximate surface area is 186 Å². The third kappa shape index (κ3) is 19.2. The van der Waals surface area contributed by atoms with E-state index in [4.69, 9.17) is 5.73 Å². The predicted molar refractivity (Wildman–Crippen MR) is 91.1 cm³/mol. The number of unbranched alkanes of at least 4 members (excludes halogenated alkanes) is 10. The molecule has 0 saturated heterocycles. The van der Waals surface area contributed by atoms with E-state index in [-0.39, 0.29) is 71.5 Å². The first kappa shape index (κ1) is 26.2. The average molecular weight is 376 g/mol. The standard InChI is InChI=1S/C16H33NO4S.K.H/c1-2-3-4-5-6-7-8-9-10-11-12-13-16(18)21-22(19,20)15-14-17;;/h2-15,17H2,1H3;;/q;+1;-1. The first-order valence-corrected chi connectivity index (χ1v) is 10.2. The maximum absolute atomic E-state index is 11.4. The molecule has 0 saturated carbocycles. The van der Waals surface area contributed by atoms with Gasteiger partial charge in [-0.05, 0) is 6.42 Å². The smallest absolute Gasteiger partial charge is 1.00 e. The van der Waals surface area contributed by atoms with Crippen molar-refractivity contribution < 1.29 is 70.2 Å². The minimum absolute atomic E-state index is 0. The zero-order valence-corrected chi connectivity index (χ0v) is 19.0. The zero-order chi connectivity index (χ0) is 16.7. The molecule has 0 bridgehead atoms. The van der Waals surface area contributed by atoms with Crippen LogP contribution >= 0.6 is 0 Å². The Balaban J connectivity index is -0.00000220. The van der Waals surface area contributed by atoms with Crippen LogP contribution in [0.3, 0.4) is 0 Å². The zero-order valence-electron chi connectivity index (χ0n) is 16.0. The van der Waals surface area contributed by atoms with Gasteiger partial charge in [-0.25, -0.2) is 0 Å². The van der Waals surface area contributed by atoms with E-state index >= 15 is 0 Å². The maximum Gasteiger partial charge on any atom is 1.00 e. The van der Waals surface area contributed by atoms with Gasteiger partial charge in [0.1, 0.15) is 0 Å². The molecule has 0 rings (SSSR count). The topological polar surface area (TPSA) is 86.5 Å². The van der Waals surface area contributed by atoms with Gasteiger partial charge in [-0.15, -0.1) is 0 Å². The fourth-order valence-electron chi connectivity index (χ4n) is 2.30. The van der Waals surface area contributed by atoms with Gasteiger partial charge < -0.3 is 11.3 Å². The quantitative estimate of drug-likeness (QED) is 0.258. The minimum Gasteiger partial charge on any atom is -1.00 e. The largest absolute Gasteiger partial charge is 1.00 e. The molecule has 0 amide bonds. The van der Waals surface area contributed by atoms with Crippen LogP contribution in [0.5, 0.6) is 0 Å². The predicted octanol–water partition coefficient (Wildman–Crippen LogP) is 0.636. The van der Waals surface area contributed by atoms with E-state index in [2.05, 4.69) is 11.1 Å². The Morgan fingerprint density at radius 3 is 1.78 bits per heavy atom. The maximum atomic E-state index is 11.4. The SMILES string of the molecule is CCCCCCCCCCCCCC(=O)OS(=O)(=O)CCN.[H-].[K+]. The number of hydrogen-bond acceptors (Lipinski definition) is 5. The summed E-state index contributed by atoms with van der Waals surface area (Å²) in [6.45, 7) is 2.19. The Hall–Kier alpha value is 1.02. The molecule has 0 aromatic heterocycles. The number of carbonyl (C=O) groups excluding carboxylic acids is 1. The molecular formula is C16H34KNO4S. The molecule has 0 fully saturated rings. The van der Waals surface area contributed by atoms with Crippen molar-refractivity contribution in [3.05, 3.63) is 0 Å². The van der Waals surface area contributed by atoms with Gasteiger partial charge in [0.25, 0.3) is 0 Å². The number of rotatable bonds is 15. The van der Waals surface area contributed by atoms with Crippen molar-refractivity contribution in [1.82, 2.24) is 0 Å². The van der Waals surface area contributed by atoms with E-state index in [0.29, 0.717) is 6.42 Å². The molecule has 7 heteroatoms. The van der Waals surface area contributed by atoms with Gasteiger partial charge in [-0.1, -0.05) is 71.1 Å². The molecule has 0 aliphatic rings. The number of carbonyl (C=O) groups is 1. The van der Waals surface area contributed by atoms with Crippen LogP contribution in [0, 0.1) is 0 Å². The second kappa shape index (κ2) is 17.8. The van der Waals surface area contributed by atoms with Crippen LogP contribution in [-0.2, 0) is 19.1 Å². The molecule has 0 radical (unpaired) electrons. The van der Waals surface area contributed by atoms with Crippen LogP contribution in [0.4, 0.5) is 0 Å². The van der Waals surface area contributed by atoms with E-state index in [0.717, 1.165) is 12.8 Å². The molecule has 0 aliphatic carbocycles. The van der Waals surface area contributed by atoms with E-state index in [1.807, 2.05) is 0 Å². The molecule has 0 atom stereocenters. The third-order valence-corrected chi connectivity index (χ3v) is 4.75. The van der Waals surface area contributed by atoms with E-state index < -0.39 is 16.1 Å². The molecular weight excluding hydrogens is 341 g/mol. The molecule has 134 valence electrons. The molecule has 2 N–H and O–H groups in total. The van der Waals surface area contributed by atoms with Gasteiger partial charge in [0.15, 0.2) is 0 Å². The monoisotopic (exact) mass is 375 g/mol. The van der Waals surface area contributed by atoms with Crippen LogP contribution < -0.4 is 57.1 Å². The minimum atomic E-state index is -3.77. The molecule has 0 aromatic rings. The molecule has 0 aromatic carbocycles. The number of hydrogen-bond donors (Lipinski definition) is 1. The Bertz CT molecular complexity index is 380. The van der Waals surface area contributed by atoms with Crippen LogP contribution in [0.1, 0.15) is 85.4 Å². The first-order chi connectivity index (χ1) is 10.5. The summed E-state index contributed by atoms with van der Waals surface area (Å²) in [6, 6.07) is 0. The van der Waals surface area contributed by atoms with Crippen molar-refractivity contribution in [1.29, 1.82) is 0 Å². The van der Waals surface area contributed by atoms with Crippen molar-refractivity contribution in [2.45, 2.75) is 84.0 Å². The first-order valence-electron chi connectivity index (χ1n) is 8.67. The van der Waals surface area contributed by atoms with Crippen LogP contribution in [-0.4, -0.2) is 26.7 Å². The van der Waals surface area contributed by atoms with Crippen molar-refractivity contribution in [3.8, 4) is 0 Å². The second-order valence-electron chi connectivity index (χ2n) is 5.79. The fourth-order valence-corrected chi connectivity index (χ4v) is 3.04. The van der Waals surface area contributed by atoms with E-state index in [1.165, 1.54) is 51.4 Å². The molecule has 0 aliphatic heterocycles. The van der Waals surface area contributed by atoms with Gasteiger partial charge in [-0.2, -0.15) is 8.42 Å². The Morgan fingerprint density at radius 1 is 0.913 bits per heavy atom. The molecule has 0 spiro atoms. The van der Waals surface area contributed by atoms with Crippen LogP contribution in [0.25, 0.3) is 0 Å². The molecule has 0 unspecified atom stereocenters. The summed E-state index contributed by atoms with van der Waals surface area (Å²) < 4.78 is 26.9. The average Bonchev–Trinajstić information content (AvgIpc) is 2.44.